The largest absolute Gasteiger partial charge is 0.360 e. The van der Waals surface area contributed by atoms with E-state index in [1.807, 2.05) is 0 Å². The molecule has 3 rings (SSSR count). The predicted molar refractivity (Wildman–Crippen MR) is 83.6 cm³/mol. The Labute approximate surface area is 138 Å². The Balaban J connectivity index is 2.01. The van der Waals surface area contributed by atoms with Crippen LogP contribution in [0.1, 0.15) is 46.0 Å². The molecule has 1 saturated carbocycles. The highest BCUT2D eigenvalue weighted by Crippen LogP contribution is 2.51. The lowest BCUT2D eigenvalue weighted by Crippen LogP contribution is -2.09. The minimum atomic E-state index is -3.52. The van der Waals surface area contributed by atoms with Crippen molar-refractivity contribution >= 4 is 13.4 Å². The van der Waals surface area contributed by atoms with Gasteiger partial charge < -0.3 is 13.6 Å². The van der Waals surface area contributed by atoms with Gasteiger partial charge >= 0.3 is 7.60 Å². The highest BCUT2D eigenvalue weighted by molar-refractivity contribution is 7.52. The van der Waals surface area contributed by atoms with Crippen molar-refractivity contribution in [1.29, 1.82) is 0 Å². The van der Waals surface area contributed by atoms with Crippen molar-refractivity contribution in [2.45, 2.75) is 24.9 Å². The first-order valence-corrected chi connectivity index (χ1v) is 9.19. The van der Waals surface area contributed by atoms with Gasteiger partial charge in [-0.25, -0.2) is 4.39 Å². The van der Waals surface area contributed by atoms with Crippen molar-refractivity contribution in [3.63, 3.8) is 0 Å². The number of hydrogen-bond acceptors (Lipinski definition) is 6. The summed E-state index contributed by atoms with van der Waals surface area (Å²) in [5.74, 6) is -0.338. The standard InChI is InChI=1S/C16H17FNO5P/c1-21-24(20,22-2)9-13-11(4-3-5-14(13)17)15(19)12-8-18-23-16(12)10-6-7-10/h3-5,8,10H,6-7,9H2,1-2H3. The van der Waals surface area contributed by atoms with Gasteiger partial charge in [-0.05, 0) is 18.9 Å². The summed E-state index contributed by atoms with van der Waals surface area (Å²) < 4.78 is 41.6. The van der Waals surface area contributed by atoms with Crippen molar-refractivity contribution in [3.05, 3.63) is 52.7 Å². The molecule has 0 unspecified atom stereocenters. The Kier molecular flexibility index (Phi) is 4.67. The van der Waals surface area contributed by atoms with Crippen molar-refractivity contribution < 1.29 is 27.3 Å². The average molecular weight is 353 g/mol. The fraction of sp³-hybridized carbons (Fsp3) is 0.375. The van der Waals surface area contributed by atoms with Crippen LogP contribution >= 0.6 is 7.60 Å². The van der Waals surface area contributed by atoms with Gasteiger partial charge in [-0.1, -0.05) is 17.3 Å². The molecule has 0 N–H and O–H groups in total. The summed E-state index contributed by atoms with van der Waals surface area (Å²) in [7, 11) is -1.08. The minimum absolute atomic E-state index is 0.00233. The summed E-state index contributed by atoms with van der Waals surface area (Å²) >= 11 is 0. The molecule has 1 aromatic carbocycles. The Hall–Kier alpha value is -1.82. The summed E-state index contributed by atoms with van der Waals surface area (Å²) in [4.78, 5) is 12.9. The zero-order chi connectivity index (χ0) is 17.3. The van der Waals surface area contributed by atoms with E-state index in [2.05, 4.69) is 5.16 Å². The van der Waals surface area contributed by atoms with Gasteiger partial charge in [0.2, 0.25) is 0 Å². The lowest BCUT2D eigenvalue weighted by Gasteiger charge is -2.16. The van der Waals surface area contributed by atoms with Crippen LogP contribution in [0.4, 0.5) is 4.39 Å². The van der Waals surface area contributed by atoms with E-state index in [9.17, 15) is 13.8 Å². The van der Waals surface area contributed by atoms with Gasteiger partial charge in [-0.2, -0.15) is 0 Å². The molecule has 6 nitrogen and oxygen atoms in total. The van der Waals surface area contributed by atoms with E-state index in [1.54, 1.807) is 0 Å². The van der Waals surface area contributed by atoms with Crippen molar-refractivity contribution in [3.8, 4) is 0 Å². The third-order valence-corrected chi connectivity index (χ3v) is 5.88. The Bertz CT molecular complexity index is 807. The molecule has 0 bridgehead atoms. The van der Waals surface area contributed by atoms with Gasteiger partial charge in [-0.3, -0.25) is 9.36 Å². The molecule has 0 radical (unpaired) electrons. The molecule has 0 aliphatic heterocycles. The minimum Gasteiger partial charge on any atom is -0.360 e. The van der Waals surface area contributed by atoms with Gasteiger partial charge in [0.15, 0.2) is 11.5 Å². The van der Waals surface area contributed by atoms with Crippen LogP contribution in [0, 0.1) is 5.82 Å². The Morgan fingerprint density at radius 1 is 1.33 bits per heavy atom. The first-order valence-electron chi connectivity index (χ1n) is 7.46. The van der Waals surface area contributed by atoms with E-state index >= 15 is 0 Å². The molecule has 1 aromatic heterocycles. The molecule has 2 aromatic rings. The molecule has 1 heterocycles. The molecular formula is C16H17FNO5P. The maximum Gasteiger partial charge on any atom is 0.334 e. The van der Waals surface area contributed by atoms with E-state index < -0.39 is 19.2 Å². The highest BCUT2D eigenvalue weighted by atomic mass is 31.2. The topological polar surface area (TPSA) is 78.6 Å². The van der Waals surface area contributed by atoms with Gasteiger partial charge in [0.1, 0.15) is 5.82 Å². The summed E-state index contributed by atoms with van der Waals surface area (Å²) in [5.41, 5.74) is 0.418. The zero-order valence-corrected chi connectivity index (χ0v) is 14.2. The number of nitrogens with zero attached hydrogens (tertiary/aromatic N) is 1. The van der Waals surface area contributed by atoms with Gasteiger partial charge in [-0.15, -0.1) is 0 Å². The number of ketones is 1. The van der Waals surface area contributed by atoms with E-state index in [-0.39, 0.29) is 23.2 Å². The SMILES string of the molecule is COP(=O)(Cc1c(F)cccc1C(=O)c1cnoc1C1CC1)OC. The normalized spacial score (nSPS) is 14.8. The van der Waals surface area contributed by atoms with E-state index in [0.717, 1.165) is 12.8 Å². The van der Waals surface area contributed by atoms with Gasteiger partial charge in [0.25, 0.3) is 0 Å². The molecule has 8 heteroatoms. The van der Waals surface area contributed by atoms with Crippen LogP contribution in [0.3, 0.4) is 0 Å². The summed E-state index contributed by atoms with van der Waals surface area (Å²) in [6.45, 7) is 0. The predicted octanol–water partition coefficient (Wildman–Crippen LogP) is 3.91. The first kappa shape index (κ1) is 17.0. The fourth-order valence-electron chi connectivity index (χ4n) is 2.53. The zero-order valence-electron chi connectivity index (χ0n) is 13.3. The lowest BCUT2D eigenvalue weighted by molar-refractivity contribution is 0.103. The summed E-state index contributed by atoms with van der Waals surface area (Å²) in [5, 5.41) is 3.70. The maximum absolute atomic E-state index is 14.3. The van der Waals surface area contributed by atoms with Crippen molar-refractivity contribution in [2.75, 3.05) is 14.2 Å². The number of hydrogen-bond donors (Lipinski definition) is 0. The fourth-order valence-corrected chi connectivity index (χ4v) is 3.65. The maximum atomic E-state index is 14.3. The number of rotatable bonds is 7. The molecule has 0 spiro atoms. The van der Waals surface area contributed by atoms with E-state index in [4.69, 9.17) is 13.6 Å². The van der Waals surface area contributed by atoms with Gasteiger partial charge in [0, 0.05) is 31.3 Å². The van der Waals surface area contributed by atoms with Crippen molar-refractivity contribution in [1.82, 2.24) is 5.16 Å². The summed E-state index contributed by atoms with van der Waals surface area (Å²) in [6.07, 6.45) is 2.89. The monoisotopic (exact) mass is 353 g/mol. The molecule has 24 heavy (non-hydrogen) atoms. The third kappa shape index (κ3) is 3.20. The van der Waals surface area contributed by atoms with Crippen LogP contribution in [-0.4, -0.2) is 25.2 Å². The summed E-state index contributed by atoms with van der Waals surface area (Å²) in [6, 6.07) is 4.12. The third-order valence-electron chi connectivity index (χ3n) is 4.06. The van der Waals surface area contributed by atoms with E-state index in [0.29, 0.717) is 11.3 Å². The average Bonchev–Trinajstić information content (AvgIpc) is 3.32. The second-order valence-electron chi connectivity index (χ2n) is 5.61. The number of carbonyl (C=O) groups is 1. The quantitative estimate of drug-likeness (QED) is 0.555. The van der Waals surface area contributed by atoms with Crippen molar-refractivity contribution in [2.24, 2.45) is 0 Å². The highest BCUT2D eigenvalue weighted by Gasteiger charge is 2.34. The molecule has 0 saturated heterocycles. The second kappa shape index (κ2) is 6.59. The van der Waals surface area contributed by atoms with Crippen LogP contribution in [0.15, 0.2) is 28.9 Å². The molecule has 0 amide bonds. The number of benzene rings is 1. The molecule has 128 valence electrons. The molecule has 1 aliphatic rings. The molecule has 1 fully saturated rings. The Morgan fingerprint density at radius 2 is 2.04 bits per heavy atom. The second-order valence-corrected chi connectivity index (χ2v) is 7.88. The molecular weight excluding hydrogens is 336 g/mol. The number of halogens is 1. The van der Waals surface area contributed by atoms with Gasteiger partial charge in [0.05, 0.1) is 17.9 Å². The first-order chi connectivity index (χ1) is 11.5. The van der Waals surface area contributed by atoms with Crippen LogP contribution in [0.25, 0.3) is 0 Å². The molecule has 1 aliphatic carbocycles. The Morgan fingerprint density at radius 3 is 2.67 bits per heavy atom. The van der Waals surface area contributed by atoms with Crippen LogP contribution in [-0.2, 0) is 19.8 Å². The molecule has 0 atom stereocenters. The van der Waals surface area contributed by atoms with Crippen LogP contribution in [0.2, 0.25) is 0 Å². The number of aromatic nitrogens is 1. The van der Waals surface area contributed by atoms with E-state index in [1.165, 1.54) is 38.6 Å². The number of carbonyl (C=O) groups excluding carboxylic acids is 1. The van der Waals surface area contributed by atoms with Crippen LogP contribution in [0.5, 0.6) is 0 Å². The smallest absolute Gasteiger partial charge is 0.334 e. The van der Waals surface area contributed by atoms with Crippen LogP contribution < -0.4 is 0 Å². The lowest BCUT2D eigenvalue weighted by atomic mass is 9.98.